The van der Waals surface area contributed by atoms with Gasteiger partial charge in [0.05, 0.1) is 12.3 Å². The number of carbonyl (C=O) groups excluding carboxylic acids is 2. The summed E-state index contributed by atoms with van der Waals surface area (Å²) in [5, 5.41) is 5.66. The molecule has 4 nitrogen and oxygen atoms in total. The molecule has 1 amide bonds. The van der Waals surface area contributed by atoms with Crippen molar-refractivity contribution in [3.05, 3.63) is 71.8 Å². The molecular formula is C18H16N2O2. The average Bonchev–Trinajstić information content (AvgIpc) is 2.82. The van der Waals surface area contributed by atoms with Gasteiger partial charge in [0.1, 0.15) is 5.92 Å². The lowest BCUT2D eigenvalue weighted by Gasteiger charge is -2.14. The Morgan fingerprint density at radius 2 is 1.64 bits per heavy atom. The van der Waals surface area contributed by atoms with E-state index in [1.54, 1.807) is 31.2 Å². The van der Waals surface area contributed by atoms with Crippen molar-refractivity contribution in [1.82, 2.24) is 5.01 Å². The fourth-order valence-corrected chi connectivity index (χ4v) is 2.57. The van der Waals surface area contributed by atoms with Gasteiger partial charge in [-0.15, -0.1) is 0 Å². The fourth-order valence-electron chi connectivity index (χ4n) is 2.57. The Morgan fingerprint density at radius 3 is 2.27 bits per heavy atom. The fraction of sp³-hybridized carbons (Fsp3) is 0.167. The van der Waals surface area contributed by atoms with Crippen LogP contribution in [0.1, 0.15) is 22.8 Å². The predicted octanol–water partition coefficient (Wildman–Crippen LogP) is 2.90. The van der Waals surface area contributed by atoms with Gasteiger partial charge in [0.2, 0.25) is 0 Å². The van der Waals surface area contributed by atoms with Crippen molar-refractivity contribution in [3.8, 4) is 0 Å². The highest BCUT2D eigenvalue weighted by atomic mass is 16.2. The number of benzene rings is 2. The SMILES string of the molecule is CC1=NN(Cc2ccccc2)C(=O)C1C(=O)c1ccccc1. The van der Waals surface area contributed by atoms with E-state index < -0.39 is 5.92 Å². The van der Waals surface area contributed by atoms with Crippen LogP contribution >= 0.6 is 0 Å². The topological polar surface area (TPSA) is 49.7 Å². The van der Waals surface area contributed by atoms with E-state index in [0.717, 1.165) is 5.56 Å². The number of carbonyl (C=O) groups is 2. The summed E-state index contributed by atoms with van der Waals surface area (Å²) >= 11 is 0. The number of Topliss-reactive ketones (excluding diaryl/α,β-unsaturated/α-hetero) is 1. The number of ketones is 1. The Balaban J connectivity index is 1.80. The first-order valence-electron chi connectivity index (χ1n) is 7.16. The molecule has 110 valence electrons. The molecule has 2 aromatic rings. The molecule has 0 aliphatic carbocycles. The molecule has 1 unspecified atom stereocenters. The molecule has 0 aromatic heterocycles. The standard InChI is InChI=1S/C18H16N2O2/c1-13-16(17(21)15-10-6-3-7-11-15)18(22)20(19-13)12-14-8-4-2-5-9-14/h2-11,16H,12H2,1H3. The molecule has 0 radical (unpaired) electrons. The van der Waals surface area contributed by atoms with Crippen molar-refractivity contribution in [2.24, 2.45) is 11.0 Å². The number of hydrogen-bond acceptors (Lipinski definition) is 3. The van der Waals surface area contributed by atoms with Crippen molar-refractivity contribution in [1.29, 1.82) is 0 Å². The van der Waals surface area contributed by atoms with Gasteiger partial charge in [0.25, 0.3) is 5.91 Å². The zero-order valence-electron chi connectivity index (χ0n) is 12.3. The molecule has 0 bridgehead atoms. The quantitative estimate of drug-likeness (QED) is 0.642. The summed E-state index contributed by atoms with van der Waals surface area (Å²) in [4.78, 5) is 25.1. The molecule has 1 heterocycles. The van der Waals surface area contributed by atoms with Gasteiger partial charge in [-0.3, -0.25) is 9.59 Å². The van der Waals surface area contributed by atoms with E-state index in [1.165, 1.54) is 5.01 Å². The maximum absolute atomic E-state index is 12.5. The van der Waals surface area contributed by atoms with E-state index in [4.69, 9.17) is 0 Å². The number of nitrogens with zero attached hydrogens (tertiary/aromatic N) is 2. The normalized spacial score (nSPS) is 17.5. The number of rotatable bonds is 4. The van der Waals surface area contributed by atoms with Crippen LogP contribution in [-0.4, -0.2) is 22.4 Å². The predicted molar refractivity (Wildman–Crippen MR) is 84.4 cm³/mol. The van der Waals surface area contributed by atoms with Gasteiger partial charge in [-0.05, 0) is 12.5 Å². The van der Waals surface area contributed by atoms with Gasteiger partial charge in [-0.25, -0.2) is 5.01 Å². The van der Waals surface area contributed by atoms with Crippen molar-refractivity contribution < 1.29 is 9.59 Å². The van der Waals surface area contributed by atoms with Crippen LogP contribution in [0.2, 0.25) is 0 Å². The minimum Gasteiger partial charge on any atom is -0.293 e. The number of amides is 1. The summed E-state index contributed by atoms with van der Waals surface area (Å²) in [6, 6.07) is 18.5. The van der Waals surface area contributed by atoms with Gasteiger partial charge in [-0.2, -0.15) is 5.10 Å². The molecule has 4 heteroatoms. The average molecular weight is 292 g/mol. The van der Waals surface area contributed by atoms with Crippen molar-refractivity contribution in [2.75, 3.05) is 0 Å². The Kier molecular flexibility index (Phi) is 3.83. The zero-order valence-corrected chi connectivity index (χ0v) is 12.3. The third kappa shape index (κ3) is 2.68. The second-order valence-electron chi connectivity index (χ2n) is 5.29. The summed E-state index contributed by atoms with van der Waals surface area (Å²) < 4.78 is 0. The molecule has 22 heavy (non-hydrogen) atoms. The van der Waals surface area contributed by atoms with Crippen molar-refractivity contribution >= 4 is 17.4 Å². The molecule has 3 rings (SSSR count). The van der Waals surface area contributed by atoms with Gasteiger partial charge in [-0.1, -0.05) is 60.7 Å². The molecule has 1 atom stereocenters. The van der Waals surface area contributed by atoms with Crippen LogP contribution in [0.4, 0.5) is 0 Å². The molecule has 1 aliphatic rings. The minimum atomic E-state index is -0.800. The highest BCUT2D eigenvalue weighted by Gasteiger charge is 2.39. The highest BCUT2D eigenvalue weighted by Crippen LogP contribution is 2.22. The van der Waals surface area contributed by atoms with Crippen molar-refractivity contribution in [3.63, 3.8) is 0 Å². The summed E-state index contributed by atoms with van der Waals surface area (Å²) in [6.07, 6.45) is 0. The molecular weight excluding hydrogens is 276 g/mol. The van der Waals surface area contributed by atoms with Gasteiger partial charge in [0, 0.05) is 5.56 Å². The van der Waals surface area contributed by atoms with Crippen LogP contribution in [0.5, 0.6) is 0 Å². The van der Waals surface area contributed by atoms with Crippen LogP contribution in [0.25, 0.3) is 0 Å². The van der Waals surface area contributed by atoms with Gasteiger partial charge in [0.15, 0.2) is 5.78 Å². The van der Waals surface area contributed by atoms with E-state index in [0.29, 0.717) is 17.8 Å². The van der Waals surface area contributed by atoms with Crippen LogP contribution < -0.4 is 0 Å². The highest BCUT2D eigenvalue weighted by molar-refractivity contribution is 6.26. The molecule has 1 aliphatic heterocycles. The Labute approximate surface area is 129 Å². The van der Waals surface area contributed by atoms with Gasteiger partial charge < -0.3 is 0 Å². The van der Waals surface area contributed by atoms with Crippen molar-refractivity contribution in [2.45, 2.75) is 13.5 Å². The second kappa shape index (κ2) is 5.93. The molecule has 0 N–H and O–H groups in total. The smallest absolute Gasteiger partial charge is 0.259 e. The first-order valence-corrected chi connectivity index (χ1v) is 7.16. The summed E-state index contributed by atoms with van der Waals surface area (Å²) in [7, 11) is 0. The Hall–Kier alpha value is -2.75. The molecule has 0 saturated carbocycles. The monoisotopic (exact) mass is 292 g/mol. The third-order valence-corrected chi connectivity index (χ3v) is 3.69. The van der Waals surface area contributed by atoms with E-state index >= 15 is 0 Å². The molecule has 2 aromatic carbocycles. The summed E-state index contributed by atoms with van der Waals surface area (Å²) in [6.45, 7) is 2.12. The van der Waals surface area contributed by atoms with E-state index in [-0.39, 0.29) is 11.7 Å². The zero-order chi connectivity index (χ0) is 15.5. The van der Waals surface area contributed by atoms with Crippen LogP contribution in [0.3, 0.4) is 0 Å². The third-order valence-electron chi connectivity index (χ3n) is 3.69. The van der Waals surface area contributed by atoms with Crippen LogP contribution in [-0.2, 0) is 11.3 Å². The lowest BCUT2D eigenvalue weighted by atomic mass is 9.94. The van der Waals surface area contributed by atoms with E-state index in [1.807, 2.05) is 36.4 Å². The van der Waals surface area contributed by atoms with Crippen LogP contribution in [0, 0.1) is 5.92 Å². The maximum Gasteiger partial charge on any atom is 0.259 e. The largest absolute Gasteiger partial charge is 0.293 e. The first-order chi connectivity index (χ1) is 10.7. The molecule has 0 fully saturated rings. The lowest BCUT2D eigenvalue weighted by Crippen LogP contribution is -2.32. The van der Waals surface area contributed by atoms with E-state index in [9.17, 15) is 9.59 Å². The maximum atomic E-state index is 12.5. The molecule has 0 saturated heterocycles. The summed E-state index contributed by atoms with van der Waals surface area (Å²) in [5.74, 6) is -1.25. The minimum absolute atomic E-state index is 0.192. The first kappa shape index (κ1) is 14.2. The van der Waals surface area contributed by atoms with Gasteiger partial charge >= 0.3 is 0 Å². The second-order valence-corrected chi connectivity index (χ2v) is 5.29. The summed E-state index contributed by atoms with van der Waals surface area (Å²) in [5.41, 5.74) is 2.08. The number of hydrogen-bond donors (Lipinski definition) is 0. The Bertz CT molecular complexity index is 723. The lowest BCUT2D eigenvalue weighted by molar-refractivity contribution is -0.131. The Morgan fingerprint density at radius 1 is 1.05 bits per heavy atom. The van der Waals surface area contributed by atoms with E-state index in [2.05, 4.69) is 5.10 Å². The van der Waals surface area contributed by atoms with Crippen LogP contribution in [0.15, 0.2) is 65.8 Å². The molecule has 0 spiro atoms. The number of hydrazone groups is 1.